The minimum absolute atomic E-state index is 0.131. The molecular weight excluding hydrogens is 380 g/mol. The van der Waals surface area contributed by atoms with Gasteiger partial charge in [-0.1, -0.05) is 18.7 Å². The number of nitrogens with one attached hydrogen (secondary N) is 2. The van der Waals surface area contributed by atoms with Gasteiger partial charge < -0.3 is 14.8 Å². The number of rotatable bonds is 6. The molecule has 0 aliphatic carbocycles. The predicted octanol–water partition coefficient (Wildman–Crippen LogP) is 4.58. The van der Waals surface area contributed by atoms with Crippen LogP contribution in [0.25, 0.3) is 5.70 Å². The maximum atomic E-state index is 12.9. The zero-order valence-electron chi connectivity index (χ0n) is 17.5. The van der Waals surface area contributed by atoms with Gasteiger partial charge in [-0.25, -0.2) is 4.79 Å². The molecule has 30 heavy (non-hydrogen) atoms. The van der Waals surface area contributed by atoms with E-state index in [1.165, 1.54) is 6.08 Å². The Bertz CT molecular complexity index is 991. The number of carbonyl (C=O) groups excluding carboxylic acids is 2. The van der Waals surface area contributed by atoms with E-state index >= 15 is 0 Å². The first-order chi connectivity index (χ1) is 14.3. The van der Waals surface area contributed by atoms with Crippen molar-refractivity contribution in [3.63, 3.8) is 0 Å². The van der Waals surface area contributed by atoms with Gasteiger partial charge in [0.1, 0.15) is 12.4 Å². The molecule has 156 valence electrons. The maximum Gasteiger partial charge on any atom is 0.411 e. The van der Waals surface area contributed by atoms with Crippen molar-refractivity contribution >= 4 is 23.3 Å². The molecule has 0 aromatic heterocycles. The summed E-state index contributed by atoms with van der Waals surface area (Å²) in [5.74, 6) is 0.608. The van der Waals surface area contributed by atoms with Crippen molar-refractivity contribution in [2.45, 2.75) is 25.8 Å². The monoisotopic (exact) mass is 406 g/mol. The molecule has 2 N–H and O–H groups in total. The predicted molar refractivity (Wildman–Crippen MR) is 118 cm³/mol. The minimum Gasteiger partial charge on any atom is -0.497 e. The highest BCUT2D eigenvalue weighted by Crippen LogP contribution is 2.32. The molecule has 2 aromatic carbocycles. The lowest BCUT2D eigenvalue weighted by molar-refractivity contribution is 0.104. The van der Waals surface area contributed by atoms with E-state index < -0.39 is 6.09 Å². The molecule has 3 rings (SSSR count). The van der Waals surface area contributed by atoms with Gasteiger partial charge >= 0.3 is 6.09 Å². The molecule has 0 unspecified atom stereocenters. The Morgan fingerprint density at radius 2 is 1.93 bits per heavy atom. The van der Waals surface area contributed by atoms with Gasteiger partial charge in [0.15, 0.2) is 5.78 Å². The Kier molecular flexibility index (Phi) is 6.26. The Hall–Kier alpha value is -3.54. The van der Waals surface area contributed by atoms with E-state index in [-0.39, 0.29) is 17.9 Å². The van der Waals surface area contributed by atoms with E-state index in [0.717, 1.165) is 29.0 Å². The number of allylic oxidation sites excluding steroid dienone is 1. The molecular formula is C24H26N2O4. The zero-order valence-corrected chi connectivity index (χ0v) is 17.5. The number of ether oxygens (including phenoxy) is 2. The highest BCUT2D eigenvalue weighted by Gasteiger charge is 2.28. The number of ketones is 1. The first-order valence-electron chi connectivity index (χ1n) is 9.67. The standard InChI is InChI=1S/C24H26N2O4/c1-5-12-30-23(28)25-18-9-6-16(7-10-18)22(27)14-21-20-13-19(29-4)11-8-17(20)15-24(2,3)26-21/h5-11,13-14,26H,1,12,15H2,2-4H3,(H,25,28)/b21-14-. The van der Waals surface area contributed by atoms with E-state index in [9.17, 15) is 9.59 Å². The Morgan fingerprint density at radius 3 is 2.60 bits per heavy atom. The minimum atomic E-state index is -0.574. The summed E-state index contributed by atoms with van der Waals surface area (Å²) in [5.41, 5.74) is 3.78. The Labute approximate surface area is 176 Å². The van der Waals surface area contributed by atoms with Crippen molar-refractivity contribution in [2.75, 3.05) is 19.0 Å². The molecule has 0 spiro atoms. The number of hydrogen-bond acceptors (Lipinski definition) is 5. The van der Waals surface area contributed by atoms with Gasteiger partial charge in [-0.2, -0.15) is 0 Å². The van der Waals surface area contributed by atoms with E-state index in [4.69, 9.17) is 9.47 Å². The average Bonchev–Trinajstić information content (AvgIpc) is 2.71. The summed E-state index contributed by atoms with van der Waals surface area (Å²) in [7, 11) is 1.62. The molecule has 6 nitrogen and oxygen atoms in total. The fourth-order valence-corrected chi connectivity index (χ4v) is 3.37. The number of fused-ring (bicyclic) bond motifs is 1. The largest absolute Gasteiger partial charge is 0.497 e. The summed E-state index contributed by atoms with van der Waals surface area (Å²) in [6.45, 7) is 7.82. The quantitative estimate of drug-likeness (QED) is 0.417. The molecule has 1 aliphatic heterocycles. The lowest BCUT2D eigenvalue weighted by Gasteiger charge is -2.35. The molecule has 1 amide bonds. The van der Waals surface area contributed by atoms with Crippen LogP contribution in [-0.2, 0) is 11.2 Å². The number of amides is 1. The summed E-state index contributed by atoms with van der Waals surface area (Å²) >= 11 is 0. The van der Waals surface area contributed by atoms with E-state index in [1.54, 1.807) is 37.5 Å². The second-order valence-corrected chi connectivity index (χ2v) is 7.72. The molecule has 0 bridgehead atoms. The third-order valence-electron chi connectivity index (χ3n) is 4.74. The number of benzene rings is 2. The summed E-state index contributed by atoms with van der Waals surface area (Å²) in [6, 6.07) is 12.6. The summed E-state index contributed by atoms with van der Waals surface area (Å²) in [4.78, 5) is 24.5. The molecule has 0 fully saturated rings. The molecule has 0 atom stereocenters. The first kappa shape index (κ1) is 21.2. The van der Waals surface area contributed by atoms with Gasteiger partial charge in [-0.05, 0) is 62.2 Å². The molecule has 0 saturated heterocycles. The molecule has 2 aromatic rings. The maximum absolute atomic E-state index is 12.9. The number of hydrogen-bond donors (Lipinski definition) is 2. The Morgan fingerprint density at radius 1 is 1.20 bits per heavy atom. The summed E-state index contributed by atoms with van der Waals surface area (Å²) < 4.78 is 10.2. The van der Waals surface area contributed by atoms with Crippen molar-refractivity contribution in [1.82, 2.24) is 5.32 Å². The van der Waals surface area contributed by atoms with Crippen LogP contribution < -0.4 is 15.4 Å². The van der Waals surface area contributed by atoms with Crippen LogP contribution in [0.3, 0.4) is 0 Å². The third kappa shape index (κ3) is 5.08. The fourth-order valence-electron chi connectivity index (χ4n) is 3.37. The number of anilines is 1. The zero-order chi connectivity index (χ0) is 21.7. The van der Waals surface area contributed by atoms with Gasteiger partial charge in [0.25, 0.3) is 0 Å². The van der Waals surface area contributed by atoms with Crippen molar-refractivity contribution in [1.29, 1.82) is 0 Å². The number of carbonyl (C=O) groups is 2. The van der Waals surface area contributed by atoms with Crippen LogP contribution in [0.1, 0.15) is 35.3 Å². The lowest BCUT2D eigenvalue weighted by Crippen LogP contribution is -2.43. The van der Waals surface area contributed by atoms with Gasteiger partial charge in [-0.15, -0.1) is 0 Å². The van der Waals surface area contributed by atoms with Crippen molar-refractivity contribution in [2.24, 2.45) is 0 Å². The third-order valence-corrected chi connectivity index (χ3v) is 4.74. The average molecular weight is 406 g/mol. The van der Waals surface area contributed by atoms with Crippen LogP contribution in [0.2, 0.25) is 0 Å². The van der Waals surface area contributed by atoms with Gasteiger partial charge in [0.05, 0.1) is 7.11 Å². The van der Waals surface area contributed by atoms with Crippen LogP contribution in [-0.4, -0.2) is 31.1 Å². The molecule has 6 heteroatoms. The van der Waals surface area contributed by atoms with Crippen LogP contribution in [0.5, 0.6) is 5.75 Å². The van der Waals surface area contributed by atoms with E-state index in [2.05, 4.69) is 31.1 Å². The van der Waals surface area contributed by atoms with Crippen LogP contribution in [0.15, 0.2) is 61.2 Å². The normalized spacial score (nSPS) is 15.5. The second kappa shape index (κ2) is 8.86. The second-order valence-electron chi connectivity index (χ2n) is 7.72. The lowest BCUT2D eigenvalue weighted by atomic mass is 9.85. The smallest absolute Gasteiger partial charge is 0.411 e. The van der Waals surface area contributed by atoms with E-state index in [0.29, 0.717) is 11.3 Å². The van der Waals surface area contributed by atoms with Gasteiger partial charge in [0.2, 0.25) is 0 Å². The molecule has 0 radical (unpaired) electrons. The first-order valence-corrected chi connectivity index (χ1v) is 9.67. The topological polar surface area (TPSA) is 76.7 Å². The summed E-state index contributed by atoms with van der Waals surface area (Å²) in [6.07, 6.45) is 3.37. The van der Waals surface area contributed by atoms with Crippen LogP contribution in [0.4, 0.5) is 10.5 Å². The fraction of sp³-hybridized carbons (Fsp3) is 0.250. The van der Waals surface area contributed by atoms with Gasteiger partial charge in [-0.3, -0.25) is 10.1 Å². The van der Waals surface area contributed by atoms with Crippen molar-refractivity contribution in [3.8, 4) is 5.75 Å². The van der Waals surface area contributed by atoms with E-state index in [1.807, 2.05) is 18.2 Å². The van der Waals surface area contributed by atoms with Crippen LogP contribution in [0, 0.1) is 0 Å². The SMILES string of the molecule is C=CCOC(=O)Nc1ccc(C(=O)/C=C2\NC(C)(C)Cc3ccc(OC)cc32)cc1. The molecule has 1 heterocycles. The van der Waals surface area contributed by atoms with Gasteiger partial charge in [0, 0.05) is 34.1 Å². The van der Waals surface area contributed by atoms with Crippen molar-refractivity contribution in [3.05, 3.63) is 77.9 Å². The summed E-state index contributed by atoms with van der Waals surface area (Å²) in [5, 5.41) is 6.06. The highest BCUT2D eigenvalue weighted by atomic mass is 16.5. The molecule has 0 saturated carbocycles. The Balaban J connectivity index is 1.82. The van der Waals surface area contributed by atoms with Crippen molar-refractivity contribution < 1.29 is 19.1 Å². The number of methoxy groups -OCH3 is 1. The van der Waals surface area contributed by atoms with Crippen LogP contribution >= 0.6 is 0 Å². The molecule has 1 aliphatic rings. The highest BCUT2D eigenvalue weighted by molar-refractivity contribution is 6.09.